The minimum Gasteiger partial charge on any atom is -0.478 e. The second kappa shape index (κ2) is 5.35. The second-order valence-electron chi connectivity index (χ2n) is 3.58. The van der Waals surface area contributed by atoms with E-state index in [4.69, 9.17) is 5.11 Å². The van der Waals surface area contributed by atoms with Crippen molar-refractivity contribution in [3.63, 3.8) is 0 Å². The Balaban J connectivity index is 3.15. The molecule has 0 saturated heterocycles. The third kappa shape index (κ3) is 2.94. The van der Waals surface area contributed by atoms with E-state index < -0.39 is 5.97 Å². The fourth-order valence-electron chi connectivity index (χ4n) is 1.66. The van der Waals surface area contributed by atoms with Crippen molar-refractivity contribution in [2.75, 3.05) is 0 Å². The number of carboxylic acids is 1. The minimum atomic E-state index is -0.841. The Morgan fingerprint density at radius 3 is 2.33 bits per heavy atom. The van der Waals surface area contributed by atoms with E-state index in [-0.39, 0.29) is 0 Å². The van der Waals surface area contributed by atoms with Gasteiger partial charge >= 0.3 is 5.97 Å². The second-order valence-corrected chi connectivity index (χ2v) is 3.58. The summed E-state index contributed by atoms with van der Waals surface area (Å²) in [4.78, 5) is 11.2. The minimum absolute atomic E-state index is 0.442. The largest absolute Gasteiger partial charge is 0.478 e. The Bertz CT molecular complexity index is 363. The van der Waals surface area contributed by atoms with Gasteiger partial charge in [-0.2, -0.15) is 0 Å². The zero-order valence-electron chi connectivity index (χ0n) is 9.16. The molecule has 0 bridgehead atoms. The topological polar surface area (TPSA) is 37.3 Å². The summed E-state index contributed by atoms with van der Waals surface area (Å²) in [5.74, 6) is -0.841. The average Bonchev–Trinajstić information content (AvgIpc) is 2.19. The Kier molecular flexibility index (Phi) is 4.10. The zero-order chi connectivity index (χ0) is 11.3. The van der Waals surface area contributed by atoms with E-state index in [1.54, 1.807) is 0 Å². The highest BCUT2D eigenvalue weighted by Crippen LogP contribution is 2.21. The van der Waals surface area contributed by atoms with Gasteiger partial charge in [-0.3, -0.25) is 0 Å². The van der Waals surface area contributed by atoms with Crippen LogP contribution < -0.4 is 0 Å². The predicted octanol–water partition coefficient (Wildman–Crippen LogP) is 3.34. The molecule has 0 spiro atoms. The number of allylic oxidation sites excluding steroid dienone is 1. The van der Waals surface area contributed by atoms with E-state index in [0.717, 1.165) is 24.0 Å². The molecule has 1 aromatic carbocycles. The molecule has 2 heteroatoms. The van der Waals surface area contributed by atoms with Crippen LogP contribution in [-0.4, -0.2) is 11.1 Å². The highest BCUT2D eigenvalue weighted by atomic mass is 16.4. The molecule has 0 amide bonds. The van der Waals surface area contributed by atoms with Gasteiger partial charge in [0.25, 0.3) is 0 Å². The van der Waals surface area contributed by atoms with Crippen LogP contribution in [0.2, 0.25) is 0 Å². The van der Waals surface area contributed by atoms with Crippen LogP contribution >= 0.6 is 0 Å². The molecular formula is C13H16O2. The molecule has 0 heterocycles. The smallest absolute Gasteiger partial charge is 0.336 e. The summed E-state index contributed by atoms with van der Waals surface area (Å²) in [5.41, 5.74) is 2.17. The van der Waals surface area contributed by atoms with Crippen LogP contribution in [0, 0.1) is 0 Å². The van der Waals surface area contributed by atoms with Crippen molar-refractivity contribution in [1.29, 1.82) is 0 Å². The van der Waals surface area contributed by atoms with E-state index >= 15 is 0 Å². The number of aliphatic carboxylic acids is 1. The van der Waals surface area contributed by atoms with Crippen LogP contribution in [0.25, 0.3) is 5.57 Å². The summed E-state index contributed by atoms with van der Waals surface area (Å²) in [6, 6.07) is 9.28. The van der Waals surface area contributed by atoms with Gasteiger partial charge in [0.1, 0.15) is 0 Å². The predicted molar refractivity (Wildman–Crippen MR) is 61.6 cm³/mol. The fourth-order valence-corrected chi connectivity index (χ4v) is 1.66. The van der Waals surface area contributed by atoms with Gasteiger partial charge in [0, 0.05) is 0 Å². The van der Waals surface area contributed by atoms with Crippen LogP contribution in [0.4, 0.5) is 0 Å². The summed E-state index contributed by atoms with van der Waals surface area (Å²) in [5, 5.41) is 9.17. The van der Waals surface area contributed by atoms with Gasteiger partial charge in [0.15, 0.2) is 0 Å². The summed E-state index contributed by atoms with van der Waals surface area (Å²) < 4.78 is 0. The van der Waals surface area contributed by atoms with Gasteiger partial charge in [-0.05, 0) is 18.9 Å². The van der Waals surface area contributed by atoms with Crippen LogP contribution in [0.15, 0.2) is 35.9 Å². The van der Waals surface area contributed by atoms with Crippen molar-refractivity contribution in [2.45, 2.75) is 26.7 Å². The number of hydrogen-bond acceptors (Lipinski definition) is 1. The first-order chi connectivity index (χ1) is 7.16. The molecule has 0 saturated carbocycles. The Labute approximate surface area is 90.3 Å². The molecule has 0 aliphatic rings. The lowest BCUT2D eigenvalue weighted by molar-refractivity contribution is -0.130. The maximum atomic E-state index is 11.2. The number of carboxylic acid groups (broad SMARTS) is 1. The quantitative estimate of drug-likeness (QED) is 0.764. The van der Waals surface area contributed by atoms with Crippen molar-refractivity contribution in [3.8, 4) is 0 Å². The normalized spacial score (nSPS) is 12.1. The third-order valence-corrected chi connectivity index (χ3v) is 2.33. The molecule has 15 heavy (non-hydrogen) atoms. The van der Waals surface area contributed by atoms with Crippen molar-refractivity contribution in [1.82, 2.24) is 0 Å². The highest BCUT2D eigenvalue weighted by molar-refractivity contribution is 6.16. The maximum Gasteiger partial charge on any atom is 0.336 e. The first kappa shape index (κ1) is 11.5. The van der Waals surface area contributed by atoms with Gasteiger partial charge in [-0.25, -0.2) is 4.79 Å². The van der Waals surface area contributed by atoms with Crippen LogP contribution in [0.3, 0.4) is 0 Å². The van der Waals surface area contributed by atoms with Crippen LogP contribution in [0.5, 0.6) is 0 Å². The van der Waals surface area contributed by atoms with Gasteiger partial charge in [0.2, 0.25) is 0 Å². The van der Waals surface area contributed by atoms with E-state index in [2.05, 4.69) is 0 Å². The Hall–Kier alpha value is -1.57. The zero-order valence-corrected chi connectivity index (χ0v) is 9.16. The molecular weight excluding hydrogens is 188 g/mol. The lowest BCUT2D eigenvalue weighted by atomic mass is 9.98. The van der Waals surface area contributed by atoms with Crippen LogP contribution in [0.1, 0.15) is 32.3 Å². The summed E-state index contributed by atoms with van der Waals surface area (Å²) in [6.45, 7) is 3.94. The molecule has 0 radical (unpaired) electrons. The number of carbonyl (C=O) groups is 1. The number of benzene rings is 1. The lowest BCUT2D eigenvalue weighted by Crippen LogP contribution is -2.02. The van der Waals surface area contributed by atoms with E-state index in [9.17, 15) is 4.79 Å². The monoisotopic (exact) mass is 204 g/mol. The highest BCUT2D eigenvalue weighted by Gasteiger charge is 2.12. The summed E-state index contributed by atoms with van der Waals surface area (Å²) >= 11 is 0. The van der Waals surface area contributed by atoms with Crippen molar-refractivity contribution >= 4 is 11.5 Å². The lowest BCUT2D eigenvalue weighted by Gasteiger charge is -2.07. The van der Waals surface area contributed by atoms with E-state index in [1.807, 2.05) is 44.2 Å². The molecule has 0 aromatic heterocycles. The first-order valence-electron chi connectivity index (χ1n) is 5.15. The van der Waals surface area contributed by atoms with Crippen molar-refractivity contribution in [3.05, 3.63) is 41.5 Å². The van der Waals surface area contributed by atoms with Gasteiger partial charge in [0.05, 0.1) is 5.57 Å². The summed E-state index contributed by atoms with van der Waals surface area (Å²) in [7, 11) is 0. The van der Waals surface area contributed by atoms with Crippen LogP contribution in [-0.2, 0) is 4.79 Å². The average molecular weight is 204 g/mol. The Morgan fingerprint density at radius 1 is 1.27 bits per heavy atom. The van der Waals surface area contributed by atoms with Crippen molar-refractivity contribution in [2.24, 2.45) is 0 Å². The first-order valence-corrected chi connectivity index (χ1v) is 5.15. The molecule has 0 fully saturated rings. The molecule has 0 aliphatic carbocycles. The molecule has 0 atom stereocenters. The fraction of sp³-hybridized carbons (Fsp3) is 0.308. The SMILES string of the molecule is CCCC(C)=C(C(=O)O)c1ccccc1. The van der Waals surface area contributed by atoms with E-state index in [1.165, 1.54) is 0 Å². The molecule has 0 unspecified atom stereocenters. The van der Waals surface area contributed by atoms with Gasteiger partial charge < -0.3 is 5.11 Å². The Morgan fingerprint density at radius 2 is 1.87 bits per heavy atom. The molecule has 2 nitrogen and oxygen atoms in total. The molecule has 0 aliphatic heterocycles. The maximum absolute atomic E-state index is 11.2. The van der Waals surface area contributed by atoms with Crippen molar-refractivity contribution < 1.29 is 9.90 Å². The molecule has 1 aromatic rings. The standard InChI is InChI=1S/C13H16O2/c1-3-7-10(2)12(13(14)15)11-8-5-4-6-9-11/h4-6,8-9H,3,7H2,1-2H3,(H,14,15). The third-order valence-electron chi connectivity index (χ3n) is 2.33. The molecule has 80 valence electrons. The number of rotatable bonds is 4. The summed E-state index contributed by atoms with van der Waals surface area (Å²) in [6.07, 6.45) is 1.80. The van der Waals surface area contributed by atoms with Gasteiger partial charge in [-0.15, -0.1) is 0 Å². The van der Waals surface area contributed by atoms with E-state index in [0.29, 0.717) is 5.57 Å². The van der Waals surface area contributed by atoms with Gasteiger partial charge in [-0.1, -0.05) is 49.2 Å². The number of hydrogen-bond donors (Lipinski definition) is 1. The molecule has 1 N–H and O–H groups in total. The molecule has 1 rings (SSSR count).